The monoisotopic (exact) mass is 578 g/mol. The Morgan fingerprint density at radius 3 is 2.50 bits per heavy atom. The molecule has 8 nitrogen and oxygen atoms in total. The zero-order valence-corrected chi connectivity index (χ0v) is 23.5. The number of amides is 2. The molecule has 0 aliphatic carbocycles. The van der Waals surface area contributed by atoms with Gasteiger partial charge < -0.3 is 25.2 Å². The summed E-state index contributed by atoms with van der Waals surface area (Å²) in [5.41, 5.74) is 1.19. The molecule has 2 saturated heterocycles. The average Bonchev–Trinajstić information content (AvgIpc) is 3.40. The Balaban J connectivity index is 1.41. The lowest BCUT2D eigenvalue weighted by atomic mass is 9.81. The number of alkyl halides is 3. The maximum atomic E-state index is 13.3. The predicted octanol–water partition coefficient (Wildman–Crippen LogP) is 5.15. The molecule has 2 fully saturated rings. The van der Waals surface area contributed by atoms with Gasteiger partial charge in [-0.1, -0.05) is 18.2 Å². The van der Waals surface area contributed by atoms with Crippen molar-refractivity contribution in [3.63, 3.8) is 0 Å². The molecule has 2 aromatic carbocycles. The van der Waals surface area contributed by atoms with E-state index in [1.807, 2.05) is 54.4 Å². The summed E-state index contributed by atoms with van der Waals surface area (Å²) < 4.78 is 45.2. The number of nitrogens with one attached hydrogen (secondary N) is 2. The number of hydrogen-bond acceptors (Lipinski definition) is 6. The van der Waals surface area contributed by atoms with E-state index < -0.39 is 17.3 Å². The highest BCUT2D eigenvalue weighted by Crippen LogP contribution is 2.38. The molecule has 220 valence electrons. The number of ether oxygens (including phenoxy) is 1. The highest BCUT2D eigenvalue weighted by Gasteiger charge is 2.39. The third-order valence-corrected chi connectivity index (χ3v) is 8.18. The second kappa shape index (κ2) is 11.9. The molecule has 2 N–H and O–H groups in total. The molecule has 42 heavy (non-hydrogen) atoms. The van der Waals surface area contributed by atoms with Gasteiger partial charge in [0.25, 0.3) is 0 Å². The Morgan fingerprint density at radius 1 is 1.12 bits per heavy atom. The van der Waals surface area contributed by atoms with E-state index in [9.17, 15) is 23.2 Å². The first-order valence-corrected chi connectivity index (χ1v) is 13.9. The van der Waals surface area contributed by atoms with Crippen molar-refractivity contribution in [2.24, 2.45) is 0 Å². The van der Waals surface area contributed by atoms with Crippen LogP contribution in [0.25, 0.3) is 11.3 Å². The quantitative estimate of drug-likeness (QED) is 0.421. The van der Waals surface area contributed by atoms with Crippen molar-refractivity contribution >= 4 is 11.7 Å². The van der Waals surface area contributed by atoms with Crippen LogP contribution in [0.4, 0.5) is 23.7 Å². The summed E-state index contributed by atoms with van der Waals surface area (Å²) in [6, 6.07) is 16.4. The van der Waals surface area contributed by atoms with Crippen LogP contribution in [0.15, 0.2) is 60.8 Å². The number of nitrogens with zero attached hydrogens (tertiary/aromatic N) is 4. The van der Waals surface area contributed by atoms with Gasteiger partial charge in [0, 0.05) is 37.4 Å². The van der Waals surface area contributed by atoms with E-state index in [1.54, 1.807) is 13.3 Å². The summed E-state index contributed by atoms with van der Waals surface area (Å²) in [4.78, 5) is 22.0. The van der Waals surface area contributed by atoms with Gasteiger partial charge in [-0.05, 0) is 74.8 Å². The fraction of sp³-hybridized carbons (Fsp3) is 0.387. The van der Waals surface area contributed by atoms with E-state index in [0.29, 0.717) is 37.4 Å². The predicted molar refractivity (Wildman–Crippen MR) is 153 cm³/mol. The van der Waals surface area contributed by atoms with Crippen molar-refractivity contribution in [1.82, 2.24) is 20.5 Å². The Bertz CT molecular complexity index is 1460. The molecule has 5 rings (SSSR count). The first kappa shape index (κ1) is 29.2. The molecule has 0 radical (unpaired) electrons. The molecule has 2 amide bonds. The molecule has 11 heteroatoms. The number of pyridine rings is 1. The summed E-state index contributed by atoms with van der Waals surface area (Å²) in [7, 11) is 3.62. The minimum absolute atomic E-state index is 0.0313. The number of carbonyl (C=O) groups is 1. The minimum atomic E-state index is -4.53. The topological polar surface area (TPSA) is 93.5 Å². The molecule has 3 heterocycles. The number of urea groups is 1. The minimum Gasteiger partial charge on any atom is -0.496 e. The van der Waals surface area contributed by atoms with Crippen molar-refractivity contribution in [2.75, 3.05) is 45.2 Å². The van der Waals surface area contributed by atoms with E-state index in [4.69, 9.17) is 9.72 Å². The average molecular weight is 579 g/mol. The van der Waals surface area contributed by atoms with Gasteiger partial charge in [0.15, 0.2) is 0 Å². The SMILES string of the molecule is COc1ccccc1-c1ccc(C2(NC(=O)N[C@H]3CCN(C)C3)CCN(c3ccc(C(F)(F)F)cc3C#N)CC2)cn1. The van der Waals surface area contributed by atoms with Gasteiger partial charge in [-0.3, -0.25) is 4.98 Å². The van der Waals surface area contributed by atoms with Crippen molar-refractivity contribution in [3.8, 4) is 23.1 Å². The number of aromatic nitrogens is 1. The number of likely N-dealkylation sites (N-methyl/N-ethyl adjacent to an activating group) is 1. The van der Waals surface area contributed by atoms with Gasteiger partial charge in [-0.25, -0.2) is 4.79 Å². The Hall–Kier alpha value is -4.30. The first-order chi connectivity index (χ1) is 20.1. The van der Waals surface area contributed by atoms with E-state index in [1.165, 1.54) is 6.07 Å². The lowest BCUT2D eigenvalue weighted by Crippen LogP contribution is -2.57. The number of anilines is 1. The third-order valence-electron chi connectivity index (χ3n) is 8.18. The van der Waals surface area contributed by atoms with E-state index in [-0.39, 0.29) is 17.6 Å². The van der Waals surface area contributed by atoms with Crippen LogP contribution in [0.1, 0.15) is 36.0 Å². The molecule has 2 aliphatic rings. The van der Waals surface area contributed by atoms with Crippen LogP contribution in [0.2, 0.25) is 0 Å². The molecular weight excluding hydrogens is 545 g/mol. The van der Waals surface area contributed by atoms with Crippen molar-refractivity contribution in [2.45, 2.75) is 37.0 Å². The smallest absolute Gasteiger partial charge is 0.416 e. The zero-order chi connectivity index (χ0) is 29.9. The van der Waals surface area contributed by atoms with Gasteiger partial charge in [0.05, 0.1) is 35.2 Å². The van der Waals surface area contributed by atoms with Crippen LogP contribution in [0.5, 0.6) is 5.75 Å². The van der Waals surface area contributed by atoms with Gasteiger partial charge >= 0.3 is 12.2 Å². The first-order valence-electron chi connectivity index (χ1n) is 13.9. The Kier molecular flexibility index (Phi) is 8.27. The van der Waals surface area contributed by atoms with Crippen LogP contribution in [0, 0.1) is 11.3 Å². The molecule has 0 bridgehead atoms. The number of hydrogen-bond donors (Lipinski definition) is 2. The van der Waals surface area contributed by atoms with Crippen LogP contribution in [-0.4, -0.2) is 62.3 Å². The molecule has 1 aromatic heterocycles. The molecule has 2 aliphatic heterocycles. The number of rotatable bonds is 6. The number of likely N-dealkylation sites (tertiary alicyclic amines) is 1. The summed E-state index contributed by atoms with van der Waals surface area (Å²) in [5.74, 6) is 0.699. The maximum Gasteiger partial charge on any atom is 0.416 e. The Labute approximate surface area is 243 Å². The fourth-order valence-electron chi connectivity index (χ4n) is 5.88. The number of nitriles is 1. The Morgan fingerprint density at radius 2 is 1.88 bits per heavy atom. The number of carbonyl (C=O) groups excluding carboxylic acids is 1. The largest absolute Gasteiger partial charge is 0.496 e. The highest BCUT2D eigenvalue weighted by atomic mass is 19.4. The van der Waals surface area contributed by atoms with Crippen molar-refractivity contribution in [3.05, 3.63) is 77.5 Å². The van der Waals surface area contributed by atoms with Crippen LogP contribution < -0.4 is 20.3 Å². The second-order valence-corrected chi connectivity index (χ2v) is 10.9. The number of benzene rings is 2. The summed E-state index contributed by atoms with van der Waals surface area (Å²) in [6.45, 7) is 2.52. The molecule has 1 atom stereocenters. The number of halogens is 3. The third kappa shape index (κ3) is 6.14. The van der Waals surface area contributed by atoms with Gasteiger partial charge in [0.2, 0.25) is 0 Å². The molecule has 3 aromatic rings. The fourth-order valence-corrected chi connectivity index (χ4v) is 5.88. The van der Waals surface area contributed by atoms with Crippen LogP contribution in [-0.2, 0) is 11.7 Å². The summed E-state index contributed by atoms with van der Waals surface area (Å²) in [6.07, 6.45) is -0.973. The zero-order valence-electron chi connectivity index (χ0n) is 23.5. The van der Waals surface area contributed by atoms with Crippen LogP contribution >= 0.6 is 0 Å². The molecular formula is C31H33F3N6O2. The van der Waals surface area contributed by atoms with E-state index in [2.05, 4.69) is 15.5 Å². The van der Waals surface area contributed by atoms with E-state index >= 15 is 0 Å². The lowest BCUT2D eigenvalue weighted by molar-refractivity contribution is -0.137. The normalized spacial score (nSPS) is 18.8. The molecule has 0 spiro atoms. The standard InChI is InChI=1S/C31H33F3N6O2/c1-39-14-11-24(20-39)37-29(41)38-30(23-7-9-26(36-19-23)25-5-3-4-6-28(25)42-2)12-15-40(16-13-30)27-10-8-22(31(32,33)34)17-21(27)18-35/h3-10,17,19,24H,11-16,20H2,1-2H3,(H2,37,38,41)/t24-/m0/s1. The molecule has 0 saturated carbocycles. The van der Waals surface area contributed by atoms with Crippen LogP contribution in [0.3, 0.4) is 0 Å². The van der Waals surface area contributed by atoms with E-state index in [0.717, 1.165) is 48.5 Å². The van der Waals surface area contributed by atoms with Crippen molar-refractivity contribution < 1.29 is 22.7 Å². The lowest BCUT2D eigenvalue weighted by Gasteiger charge is -2.43. The number of para-hydroxylation sites is 1. The highest BCUT2D eigenvalue weighted by molar-refractivity contribution is 5.76. The second-order valence-electron chi connectivity index (χ2n) is 10.9. The summed E-state index contributed by atoms with van der Waals surface area (Å²) >= 11 is 0. The van der Waals surface area contributed by atoms with Gasteiger partial charge in [-0.2, -0.15) is 18.4 Å². The number of methoxy groups -OCH3 is 1. The maximum absolute atomic E-state index is 13.3. The van der Waals surface area contributed by atoms with Gasteiger partial charge in [0.1, 0.15) is 11.8 Å². The summed E-state index contributed by atoms with van der Waals surface area (Å²) in [5, 5.41) is 15.9. The van der Waals surface area contributed by atoms with Gasteiger partial charge in [-0.15, -0.1) is 0 Å². The molecule has 0 unspecified atom stereocenters. The van der Waals surface area contributed by atoms with Crippen molar-refractivity contribution in [1.29, 1.82) is 5.26 Å². The number of piperidine rings is 1.